The Morgan fingerprint density at radius 3 is 2.48 bits per heavy atom. The maximum atomic E-state index is 12.1. The third-order valence-electron chi connectivity index (χ3n) is 3.07. The second-order valence-corrected chi connectivity index (χ2v) is 4.76. The molecule has 0 aliphatic rings. The van der Waals surface area contributed by atoms with Crippen LogP contribution in [0.25, 0.3) is 0 Å². The number of carbonyl (C=O) groups is 3. The summed E-state index contributed by atoms with van der Waals surface area (Å²) in [4.78, 5) is 38.1. The number of rotatable bonds is 6. The van der Waals surface area contributed by atoms with Gasteiger partial charge in [-0.05, 0) is 33.3 Å². The summed E-state index contributed by atoms with van der Waals surface area (Å²) in [5.74, 6) is -1.20. The van der Waals surface area contributed by atoms with Gasteiger partial charge in [0.2, 0.25) is 0 Å². The predicted molar refractivity (Wildman–Crippen MR) is 78.4 cm³/mol. The van der Waals surface area contributed by atoms with Crippen LogP contribution in [-0.4, -0.2) is 35.3 Å². The van der Waals surface area contributed by atoms with Crippen molar-refractivity contribution in [1.29, 1.82) is 0 Å². The Kier molecular flexibility index (Phi) is 5.46. The Hall–Kier alpha value is -2.37. The van der Waals surface area contributed by atoms with Gasteiger partial charge in [0.1, 0.15) is 5.69 Å². The highest BCUT2D eigenvalue weighted by Crippen LogP contribution is 2.19. The molecule has 0 radical (unpaired) electrons. The summed E-state index contributed by atoms with van der Waals surface area (Å²) in [6.07, 6.45) is 0.602. The molecule has 0 saturated heterocycles. The first-order valence-electron chi connectivity index (χ1n) is 6.59. The van der Waals surface area contributed by atoms with E-state index < -0.39 is 18.0 Å². The number of aromatic nitrogens is 1. The lowest BCUT2D eigenvalue weighted by Gasteiger charge is -2.12. The lowest BCUT2D eigenvalue weighted by molar-refractivity contribution is -0.128. The van der Waals surface area contributed by atoms with Gasteiger partial charge in [-0.15, -0.1) is 6.58 Å². The summed E-state index contributed by atoms with van der Waals surface area (Å²) in [6.45, 7) is 10.1. The lowest BCUT2D eigenvalue weighted by atomic mass is 10.1. The van der Waals surface area contributed by atoms with Crippen LogP contribution in [0.15, 0.2) is 12.7 Å². The van der Waals surface area contributed by atoms with Gasteiger partial charge in [-0.2, -0.15) is 0 Å². The van der Waals surface area contributed by atoms with Crippen molar-refractivity contribution in [2.45, 2.75) is 33.8 Å². The second kappa shape index (κ2) is 6.88. The van der Waals surface area contributed by atoms with Crippen LogP contribution in [-0.2, 0) is 9.53 Å². The van der Waals surface area contributed by atoms with E-state index in [1.807, 2.05) is 0 Å². The minimum absolute atomic E-state index is 0.128. The number of H-pyrrole nitrogens is 1. The highest BCUT2D eigenvalue weighted by atomic mass is 16.5. The third-order valence-corrected chi connectivity index (χ3v) is 3.07. The molecule has 6 heteroatoms. The Morgan fingerprint density at radius 1 is 1.38 bits per heavy atom. The molecular formula is C15H20N2O4. The molecule has 0 fully saturated rings. The number of aromatic amines is 1. The first kappa shape index (κ1) is 16.7. The van der Waals surface area contributed by atoms with Gasteiger partial charge in [-0.1, -0.05) is 6.08 Å². The molecule has 0 bridgehead atoms. The average Bonchev–Trinajstić information content (AvgIpc) is 2.71. The molecule has 0 unspecified atom stereocenters. The minimum Gasteiger partial charge on any atom is -0.448 e. The van der Waals surface area contributed by atoms with Crippen molar-refractivity contribution < 1.29 is 19.1 Å². The topological polar surface area (TPSA) is 88.3 Å². The van der Waals surface area contributed by atoms with E-state index in [0.29, 0.717) is 23.4 Å². The zero-order valence-corrected chi connectivity index (χ0v) is 12.7. The van der Waals surface area contributed by atoms with Gasteiger partial charge in [0.05, 0.1) is 0 Å². The number of amides is 1. The quantitative estimate of drug-likeness (QED) is 0.474. The molecule has 0 saturated carbocycles. The maximum Gasteiger partial charge on any atom is 0.355 e. The van der Waals surface area contributed by atoms with Crippen LogP contribution >= 0.6 is 0 Å². The largest absolute Gasteiger partial charge is 0.448 e. The molecule has 1 aromatic heterocycles. The smallest absolute Gasteiger partial charge is 0.355 e. The summed E-state index contributed by atoms with van der Waals surface area (Å²) in [5.41, 5.74) is 1.81. The predicted octanol–water partition coefficient (Wildman–Crippen LogP) is 1.68. The standard InChI is InChI=1S/C15H20N2O4/c1-6-7-16-14(19)11(5)21-15(20)13-8(2)12(10(4)18)9(3)17-13/h6,11,17H,1,7H2,2-5H3,(H,16,19)/t11-/m0/s1. The fourth-order valence-electron chi connectivity index (χ4n) is 2.07. The van der Waals surface area contributed by atoms with Gasteiger partial charge in [0.15, 0.2) is 11.9 Å². The molecule has 0 aliphatic heterocycles. The fourth-order valence-corrected chi connectivity index (χ4v) is 2.07. The number of hydrogen-bond donors (Lipinski definition) is 2. The van der Waals surface area contributed by atoms with Crippen LogP contribution < -0.4 is 5.32 Å². The van der Waals surface area contributed by atoms with Gasteiger partial charge < -0.3 is 15.0 Å². The number of Topliss-reactive ketones (excluding diaryl/α,β-unsaturated/α-hetero) is 1. The van der Waals surface area contributed by atoms with Crippen LogP contribution in [0.3, 0.4) is 0 Å². The summed E-state index contributed by atoms with van der Waals surface area (Å²) in [7, 11) is 0. The summed E-state index contributed by atoms with van der Waals surface area (Å²) in [6, 6.07) is 0. The molecule has 0 spiro atoms. The zero-order chi connectivity index (χ0) is 16.2. The van der Waals surface area contributed by atoms with Crippen molar-refractivity contribution in [3.05, 3.63) is 35.2 Å². The van der Waals surface area contributed by atoms with Crippen LogP contribution in [0.1, 0.15) is 46.0 Å². The molecule has 114 valence electrons. The van der Waals surface area contributed by atoms with Gasteiger partial charge in [-0.3, -0.25) is 9.59 Å². The Balaban J connectivity index is 2.86. The molecule has 1 amide bonds. The SMILES string of the molecule is C=CCNC(=O)[C@H](C)OC(=O)c1[nH]c(C)c(C(C)=O)c1C. The number of ketones is 1. The fraction of sp³-hybridized carbons (Fsp3) is 0.400. The molecule has 1 atom stereocenters. The summed E-state index contributed by atoms with van der Waals surface area (Å²) in [5, 5.41) is 2.54. The number of aryl methyl sites for hydroxylation is 1. The number of esters is 1. The van der Waals surface area contributed by atoms with E-state index in [4.69, 9.17) is 4.74 Å². The van der Waals surface area contributed by atoms with E-state index in [1.165, 1.54) is 19.9 Å². The van der Waals surface area contributed by atoms with Crippen molar-refractivity contribution >= 4 is 17.7 Å². The first-order valence-corrected chi connectivity index (χ1v) is 6.59. The molecule has 1 rings (SSSR count). The van der Waals surface area contributed by atoms with E-state index in [-0.39, 0.29) is 11.5 Å². The van der Waals surface area contributed by atoms with Gasteiger partial charge in [-0.25, -0.2) is 4.79 Å². The Bertz CT molecular complexity index is 587. The molecule has 2 N–H and O–H groups in total. The zero-order valence-electron chi connectivity index (χ0n) is 12.7. The van der Waals surface area contributed by atoms with E-state index in [1.54, 1.807) is 13.8 Å². The van der Waals surface area contributed by atoms with Crippen molar-refractivity contribution in [2.24, 2.45) is 0 Å². The number of carbonyl (C=O) groups excluding carboxylic acids is 3. The number of nitrogens with one attached hydrogen (secondary N) is 2. The van der Waals surface area contributed by atoms with Crippen molar-refractivity contribution in [1.82, 2.24) is 10.3 Å². The van der Waals surface area contributed by atoms with Crippen molar-refractivity contribution in [3.63, 3.8) is 0 Å². The van der Waals surface area contributed by atoms with E-state index in [0.717, 1.165) is 0 Å². The normalized spacial score (nSPS) is 11.6. The molecule has 0 aliphatic carbocycles. The van der Waals surface area contributed by atoms with Gasteiger partial charge in [0.25, 0.3) is 5.91 Å². The first-order chi connectivity index (χ1) is 9.79. The number of hydrogen-bond acceptors (Lipinski definition) is 4. The molecule has 1 heterocycles. The van der Waals surface area contributed by atoms with Crippen molar-refractivity contribution in [2.75, 3.05) is 6.54 Å². The van der Waals surface area contributed by atoms with Crippen LogP contribution in [0, 0.1) is 13.8 Å². The van der Waals surface area contributed by atoms with E-state index in [9.17, 15) is 14.4 Å². The summed E-state index contributed by atoms with van der Waals surface area (Å²) >= 11 is 0. The maximum absolute atomic E-state index is 12.1. The third kappa shape index (κ3) is 3.81. The second-order valence-electron chi connectivity index (χ2n) is 4.76. The number of ether oxygens (including phenoxy) is 1. The molecular weight excluding hydrogens is 272 g/mol. The Morgan fingerprint density at radius 2 is 2.00 bits per heavy atom. The lowest BCUT2D eigenvalue weighted by Crippen LogP contribution is -2.36. The van der Waals surface area contributed by atoms with E-state index in [2.05, 4.69) is 16.9 Å². The van der Waals surface area contributed by atoms with Crippen LogP contribution in [0.4, 0.5) is 0 Å². The molecule has 21 heavy (non-hydrogen) atoms. The summed E-state index contributed by atoms with van der Waals surface area (Å²) < 4.78 is 5.10. The average molecular weight is 292 g/mol. The monoisotopic (exact) mass is 292 g/mol. The van der Waals surface area contributed by atoms with Crippen LogP contribution in [0.2, 0.25) is 0 Å². The van der Waals surface area contributed by atoms with Gasteiger partial charge in [0, 0.05) is 17.8 Å². The minimum atomic E-state index is -0.929. The molecule has 0 aromatic carbocycles. The van der Waals surface area contributed by atoms with Gasteiger partial charge >= 0.3 is 5.97 Å². The van der Waals surface area contributed by atoms with E-state index >= 15 is 0 Å². The highest BCUT2D eigenvalue weighted by molar-refractivity contribution is 6.01. The molecule has 6 nitrogen and oxygen atoms in total. The highest BCUT2D eigenvalue weighted by Gasteiger charge is 2.24. The Labute approximate surface area is 123 Å². The van der Waals surface area contributed by atoms with Crippen molar-refractivity contribution in [3.8, 4) is 0 Å². The van der Waals surface area contributed by atoms with Crippen LogP contribution in [0.5, 0.6) is 0 Å². The molecule has 1 aromatic rings.